The zero-order valence-electron chi connectivity index (χ0n) is 11.2. The lowest BCUT2D eigenvalue weighted by Crippen LogP contribution is -2.26. The third-order valence-electron chi connectivity index (χ3n) is 2.56. The maximum Gasteiger partial charge on any atom is 0.573 e. The van der Waals surface area contributed by atoms with Crippen molar-refractivity contribution in [3.05, 3.63) is 24.3 Å². The van der Waals surface area contributed by atoms with Gasteiger partial charge in [-0.25, -0.2) is 0 Å². The van der Waals surface area contributed by atoms with Gasteiger partial charge in [-0.3, -0.25) is 0 Å². The molecule has 0 aromatic heterocycles. The maximum absolute atomic E-state index is 12.1. The van der Waals surface area contributed by atoms with Crippen LogP contribution in [0.5, 0.6) is 5.75 Å². The van der Waals surface area contributed by atoms with Gasteiger partial charge in [-0.15, -0.1) is 13.2 Å². The molecule has 0 amide bonds. The molecule has 0 saturated heterocycles. The SMILES string of the molecule is COCC(CCCN)Nc1cccc(OC(F)(F)F)c1. The van der Waals surface area contributed by atoms with Crippen LogP contribution in [0, 0.1) is 0 Å². The minimum atomic E-state index is -4.69. The summed E-state index contributed by atoms with van der Waals surface area (Å²) in [7, 11) is 1.57. The van der Waals surface area contributed by atoms with Crippen LogP contribution in [0.4, 0.5) is 18.9 Å². The van der Waals surface area contributed by atoms with E-state index in [-0.39, 0.29) is 11.8 Å². The number of nitrogens with one attached hydrogen (secondary N) is 1. The van der Waals surface area contributed by atoms with Crippen LogP contribution < -0.4 is 15.8 Å². The van der Waals surface area contributed by atoms with Gasteiger partial charge in [0.05, 0.1) is 6.61 Å². The standard InChI is InChI=1S/C13H19F3N2O2/c1-19-9-11(5-3-7-17)18-10-4-2-6-12(8-10)20-13(14,15)16/h2,4,6,8,11,18H,3,5,7,9,17H2,1H3. The molecule has 0 aliphatic carbocycles. The molecular weight excluding hydrogens is 273 g/mol. The summed E-state index contributed by atoms with van der Waals surface area (Å²) in [5.74, 6) is -0.252. The van der Waals surface area contributed by atoms with Crippen molar-refractivity contribution in [2.24, 2.45) is 5.73 Å². The average molecular weight is 292 g/mol. The van der Waals surface area contributed by atoms with Gasteiger partial charge in [0.1, 0.15) is 5.75 Å². The van der Waals surface area contributed by atoms with Crippen molar-refractivity contribution in [3.63, 3.8) is 0 Å². The van der Waals surface area contributed by atoms with Gasteiger partial charge in [-0.1, -0.05) is 6.07 Å². The molecule has 114 valence electrons. The zero-order valence-corrected chi connectivity index (χ0v) is 11.2. The summed E-state index contributed by atoms with van der Waals surface area (Å²) < 4.78 is 45.4. The van der Waals surface area contributed by atoms with E-state index in [1.807, 2.05) is 0 Å². The normalized spacial score (nSPS) is 13.1. The van der Waals surface area contributed by atoms with Crippen molar-refractivity contribution in [1.29, 1.82) is 0 Å². The first-order valence-electron chi connectivity index (χ1n) is 6.26. The Bertz CT molecular complexity index is 399. The summed E-state index contributed by atoms with van der Waals surface area (Å²) in [6.45, 7) is 1.00. The van der Waals surface area contributed by atoms with Gasteiger partial charge in [-0.2, -0.15) is 0 Å². The minimum Gasteiger partial charge on any atom is -0.406 e. The fourth-order valence-electron chi connectivity index (χ4n) is 1.78. The average Bonchev–Trinajstić information content (AvgIpc) is 2.34. The Balaban J connectivity index is 2.67. The number of alkyl halides is 3. The van der Waals surface area contributed by atoms with Gasteiger partial charge >= 0.3 is 6.36 Å². The Hall–Kier alpha value is -1.47. The number of nitrogens with two attached hydrogens (primary N) is 1. The molecular formula is C13H19F3N2O2. The molecule has 0 radical (unpaired) electrons. The fraction of sp³-hybridized carbons (Fsp3) is 0.538. The highest BCUT2D eigenvalue weighted by atomic mass is 19.4. The molecule has 0 bridgehead atoms. The van der Waals surface area contributed by atoms with Crippen LogP contribution in [0.1, 0.15) is 12.8 Å². The highest BCUT2D eigenvalue weighted by molar-refractivity contribution is 5.48. The Morgan fingerprint density at radius 2 is 2.10 bits per heavy atom. The molecule has 1 aromatic rings. The minimum absolute atomic E-state index is 0.00955. The van der Waals surface area contributed by atoms with E-state index in [9.17, 15) is 13.2 Å². The van der Waals surface area contributed by atoms with E-state index in [2.05, 4.69) is 10.1 Å². The molecule has 1 aromatic carbocycles. The van der Waals surface area contributed by atoms with Crippen LogP contribution in [-0.4, -0.2) is 32.7 Å². The predicted octanol–water partition coefficient (Wildman–Crippen LogP) is 2.75. The molecule has 4 nitrogen and oxygen atoms in total. The van der Waals surface area contributed by atoms with Gasteiger partial charge in [0.15, 0.2) is 0 Å². The zero-order chi connectivity index (χ0) is 15.0. The summed E-state index contributed by atoms with van der Waals surface area (Å²) in [6.07, 6.45) is -3.11. The smallest absolute Gasteiger partial charge is 0.406 e. The second-order valence-corrected chi connectivity index (χ2v) is 4.30. The van der Waals surface area contributed by atoms with Crippen molar-refractivity contribution in [2.45, 2.75) is 25.2 Å². The van der Waals surface area contributed by atoms with Crippen molar-refractivity contribution >= 4 is 5.69 Å². The second-order valence-electron chi connectivity index (χ2n) is 4.30. The Kier molecular flexibility index (Phi) is 6.60. The van der Waals surface area contributed by atoms with Crippen molar-refractivity contribution < 1.29 is 22.6 Å². The first-order valence-corrected chi connectivity index (χ1v) is 6.26. The molecule has 1 rings (SSSR count). The number of anilines is 1. The predicted molar refractivity (Wildman–Crippen MR) is 70.7 cm³/mol. The van der Waals surface area contributed by atoms with E-state index in [0.717, 1.165) is 12.8 Å². The maximum atomic E-state index is 12.1. The monoisotopic (exact) mass is 292 g/mol. The van der Waals surface area contributed by atoms with Crippen LogP contribution in [0.15, 0.2) is 24.3 Å². The molecule has 3 N–H and O–H groups in total. The number of ether oxygens (including phenoxy) is 2. The van der Waals surface area contributed by atoms with Gasteiger partial charge in [0.2, 0.25) is 0 Å². The van der Waals surface area contributed by atoms with E-state index in [0.29, 0.717) is 18.8 Å². The molecule has 0 aliphatic rings. The third-order valence-corrected chi connectivity index (χ3v) is 2.56. The summed E-state index contributed by atoms with van der Waals surface area (Å²) >= 11 is 0. The molecule has 0 heterocycles. The lowest BCUT2D eigenvalue weighted by molar-refractivity contribution is -0.274. The van der Waals surface area contributed by atoms with Crippen LogP contribution in [-0.2, 0) is 4.74 Å². The van der Waals surface area contributed by atoms with E-state index in [1.54, 1.807) is 13.2 Å². The number of hydrogen-bond acceptors (Lipinski definition) is 4. The van der Waals surface area contributed by atoms with Crippen molar-refractivity contribution in [2.75, 3.05) is 25.6 Å². The quantitative estimate of drug-likeness (QED) is 0.773. The van der Waals surface area contributed by atoms with E-state index < -0.39 is 6.36 Å². The topological polar surface area (TPSA) is 56.5 Å². The highest BCUT2D eigenvalue weighted by Crippen LogP contribution is 2.25. The molecule has 0 spiro atoms. The van der Waals surface area contributed by atoms with Crippen molar-refractivity contribution in [1.82, 2.24) is 0 Å². The number of halogens is 3. The highest BCUT2D eigenvalue weighted by Gasteiger charge is 2.31. The molecule has 7 heteroatoms. The molecule has 0 aliphatic heterocycles. The first kappa shape index (κ1) is 16.6. The number of benzene rings is 1. The van der Waals surface area contributed by atoms with Crippen molar-refractivity contribution in [3.8, 4) is 5.75 Å². The lowest BCUT2D eigenvalue weighted by Gasteiger charge is -2.19. The van der Waals surface area contributed by atoms with Gasteiger partial charge in [0, 0.05) is 24.9 Å². The van der Waals surface area contributed by atoms with Crippen LogP contribution in [0.3, 0.4) is 0 Å². The first-order chi connectivity index (χ1) is 9.44. The molecule has 20 heavy (non-hydrogen) atoms. The summed E-state index contributed by atoms with van der Waals surface area (Å²) in [6, 6.07) is 5.72. The van der Waals surface area contributed by atoms with Gasteiger partial charge < -0.3 is 20.5 Å². The molecule has 1 atom stereocenters. The third kappa shape index (κ3) is 6.63. The van der Waals surface area contributed by atoms with Crippen LogP contribution >= 0.6 is 0 Å². The number of rotatable bonds is 8. The largest absolute Gasteiger partial charge is 0.573 e. The number of methoxy groups -OCH3 is 1. The molecule has 0 fully saturated rings. The van der Waals surface area contributed by atoms with Crippen LogP contribution in [0.25, 0.3) is 0 Å². The lowest BCUT2D eigenvalue weighted by atomic mass is 10.1. The molecule has 0 saturated carbocycles. The van der Waals surface area contributed by atoms with E-state index >= 15 is 0 Å². The van der Waals surface area contributed by atoms with Gasteiger partial charge in [0.25, 0.3) is 0 Å². The summed E-state index contributed by atoms with van der Waals surface area (Å²) in [5.41, 5.74) is 5.99. The molecule has 1 unspecified atom stereocenters. The Labute approximate surface area is 116 Å². The van der Waals surface area contributed by atoms with Crippen LogP contribution in [0.2, 0.25) is 0 Å². The number of hydrogen-bond donors (Lipinski definition) is 2. The summed E-state index contributed by atoms with van der Waals surface area (Å²) in [5, 5.41) is 3.11. The Morgan fingerprint density at radius 3 is 2.70 bits per heavy atom. The fourth-order valence-corrected chi connectivity index (χ4v) is 1.78. The summed E-state index contributed by atoms with van der Waals surface area (Å²) in [4.78, 5) is 0. The Morgan fingerprint density at radius 1 is 1.35 bits per heavy atom. The van der Waals surface area contributed by atoms with E-state index in [4.69, 9.17) is 10.5 Å². The van der Waals surface area contributed by atoms with Gasteiger partial charge in [-0.05, 0) is 31.5 Å². The second kappa shape index (κ2) is 7.96. The van der Waals surface area contributed by atoms with E-state index in [1.165, 1.54) is 18.2 Å².